The Morgan fingerprint density at radius 3 is 2.86 bits per heavy atom. The van der Waals surface area contributed by atoms with Gasteiger partial charge in [0.1, 0.15) is 0 Å². The minimum atomic E-state index is 0.151. The predicted molar refractivity (Wildman–Crippen MR) is 89.7 cm³/mol. The number of benzene rings is 1. The Morgan fingerprint density at radius 1 is 1.24 bits per heavy atom. The van der Waals surface area contributed by atoms with E-state index in [4.69, 9.17) is 5.73 Å². The molecule has 0 aliphatic carbocycles. The summed E-state index contributed by atoms with van der Waals surface area (Å²) >= 11 is 0. The molecular formula is C18H29N3. The molecule has 1 aromatic carbocycles. The summed E-state index contributed by atoms with van der Waals surface area (Å²) in [5.41, 5.74) is 9.02. The molecule has 0 radical (unpaired) electrons. The van der Waals surface area contributed by atoms with Crippen molar-refractivity contribution >= 4 is 5.69 Å². The van der Waals surface area contributed by atoms with Crippen LogP contribution in [0.2, 0.25) is 0 Å². The zero-order valence-corrected chi connectivity index (χ0v) is 13.5. The van der Waals surface area contributed by atoms with Gasteiger partial charge < -0.3 is 10.6 Å². The molecule has 2 aliphatic heterocycles. The van der Waals surface area contributed by atoms with E-state index < -0.39 is 0 Å². The van der Waals surface area contributed by atoms with Gasteiger partial charge in [-0.05, 0) is 44.4 Å². The van der Waals surface area contributed by atoms with Gasteiger partial charge in [0.25, 0.3) is 0 Å². The summed E-state index contributed by atoms with van der Waals surface area (Å²) in [7, 11) is 0. The summed E-state index contributed by atoms with van der Waals surface area (Å²) in [5, 5.41) is 0. The summed E-state index contributed by atoms with van der Waals surface area (Å²) in [5.74, 6) is 0. The molecule has 2 fully saturated rings. The molecule has 3 atom stereocenters. The van der Waals surface area contributed by atoms with E-state index in [1.807, 2.05) is 0 Å². The first-order valence-corrected chi connectivity index (χ1v) is 8.56. The summed E-state index contributed by atoms with van der Waals surface area (Å²) in [6.45, 7) is 8.18. The van der Waals surface area contributed by atoms with Crippen LogP contribution < -0.4 is 10.6 Å². The maximum Gasteiger partial charge on any atom is 0.0418 e. The van der Waals surface area contributed by atoms with E-state index in [1.165, 1.54) is 43.6 Å². The summed E-state index contributed by atoms with van der Waals surface area (Å²) < 4.78 is 0. The van der Waals surface area contributed by atoms with Crippen LogP contribution in [0.3, 0.4) is 0 Å². The molecule has 0 bridgehead atoms. The van der Waals surface area contributed by atoms with E-state index in [1.54, 1.807) is 0 Å². The molecule has 3 unspecified atom stereocenters. The van der Waals surface area contributed by atoms with E-state index in [2.05, 4.69) is 47.9 Å². The van der Waals surface area contributed by atoms with Crippen molar-refractivity contribution in [2.45, 2.75) is 57.7 Å². The van der Waals surface area contributed by atoms with Crippen LogP contribution in [0.1, 0.15) is 51.1 Å². The van der Waals surface area contributed by atoms with Crippen LogP contribution in [-0.4, -0.2) is 36.6 Å². The molecule has 0 spiro atoms. The standard InChI is InChI=1S/C18H29N3/c1-3-17(19)16-9-4-5-10-18(16)21-13-15-8-6-7-11-20(15)12-14(21)2/h4-5,9-10,14-15,17H,3,6-8,11-13,19H2,1-2H3. The Balaban J connectivity index is 1.86. The lowest BCUT2D eigenvalue weighted by Crippen LogP contribution is -2.59. The Labute approximate surface area is 129 Å². The first kappa shape index (κ1) is 14.9. The number of hydrogen-bond donors (Lipinski definition) is 1. The highest BCUT2D eigenvalue weighted by Crippen LogP contribution is 2.32. The molecule has 2 N–H and O–H groups in total. The Morgan fingerprint density at radius 2 is 2.05 bits per heavy atom. The molecule has 0 aromatic heterocycles. The van der Waals surface area contributed by atoms with Crippen molar-refractivity contribution in [2.24, 2.45) is 5.73 Å². The monoisotopic (exact) mass is 287 g/mol. The average Bonchev–Trinajstić information content (AvgIpc) is 2.53. The highest BCUT2D eigenvalue weighted by atomic mass is 15.3. The van der Waals surface area contributed by atoms with Crippen LogP contribution in [-0.2, 0) is 0 Å². The van der Waals surface area contributed by atoms with Crippen LogP contribution in [0.25, 0.3) is 0 Å². The molecule has 2 aliphatic rings. The maximum atomic E-state index is 6.34. The van der Waals surface area contributed by atoms with Crippen molar-refractivity contribution in [3.8, 4) is 0 Å². The minimum Gasteiger partial charge on any atom is -0.366 e. The first-order valence-electron chi connectivity index (χ1n) is 8.56. The van der Waals surface area contributed by atoms with Crippen LogP contribution in [0, 0.1) is 0 Å². The third-order valence-corrected chi connectivity index (χ3v) is 5.27. The molecular weight excluding hydrogens is 258 g/mol. The number of fused-ring (bicyclic) bond motifs is 1. The van der Waals surface area contributed by atoms with Gasteiger partial charge in [-0.1, -0.05) is 31.5 Å². The number of nitrogens with zero attached hydrogens (tertiary/aromatic N) is 2. The second-order valence-electron chi connectivity index (χ2n) is 6.72. The van der Waals surface area contributed by atoms with Crippen molar-refractivity contribution in [1.29, 1.82) is 0 Å². The lowest BCUT2D eigenvalue weighted by molar-refractivity contribution is 0.115. The second kappa shape index (κ2) is 6.37. The van der Waals surface area contributed by atoms with Crippen molar-refractivity contribution in [3.63, 3.8) is 0 Å². The van der Waals surface area contributed by atoms with Gasteiger partial charge in [-0.2, -0.15) is 0 Å². The van der Waals surface area contributed by atoms with Crippen molar-refractivity contribution in [3.05, 3.63) is 29.8 Å². The topological polar surface area (TPSA) is 32.5 Å². The van der Waals surface area contributed by atoms with E-state index in [0.29, 0.717) is 6.04 Å². The number of para-hydroxylation sites is 1. The molecule has 2 saturated heterocycles. The molecule has 1 aromatic rings. The SMILES string of the molecule is CCC(N)c1ccccc1N1CC2CCCCN2CC1C. The number of nitrogens with two attached hydrogens (primary N) is 1. The van der Waals surface area contributed by atoms with E-state index in [-0.39, 0.29) is 6.04 Å². The molecule has 21 heavy (non-hydrogen) atoms. The first-order chi connectivity index (χ1) is 10.2. The second-order valence-corrected chi connectivity index (χ2v) is 6.72. The zero-order valence-electron chi connectivity index (χ0n) is 13.5. The van der Waals surface area contributed by atoms with Gasteiger partial charge in [-0.25, -0.2) is 0 Å². The van der Waals surface area contributed by atoms with Gasteiger partial charge in [-0.3, -0.25) is 4.90 Å². The van der Waals surface area contributed by atoms with Crippen LogP contribution in [0.4, 0.5) is 5.69 Å². The van der Waals surface area contributed by atoms with Gasteiger partial charge >= 0.3 is 0 Å². The summed E-state index contributed by atoms with van der Waals surface area (Å²) in [6, 6.07) is 10.2. The van der Waals surface area contributed by atoms with E-state index >= 15 is 0 Å². The van der Waals surface area contributed by atoms with Crippen LogP contribution in [0.15, 0.2) is 24.3 Å². The average molecular weight is 287 g/mol. The van der Waals surface area contributed by atoms with Crippen molar-refractivity contribution in [1.82, 2.24) is 4.90 Å². The maximum absolute atomic E-state index is 6.34. The highest BCUT2D eigenvalue weighted by molar-refractivity contribution is 5.56. The fourth-order valence-corrected chi connectivity index (χ4v) is 3.97. The number of rotatable bonds is 3. The molecule has 3 nitrogen and oxygen atoms in total. The molecule has 3 rings (SSSR count). The Kier molecular flexibility index (Phi) is 4.51. The summed E-state index contributed by atoms with van der Waals surface area (Å²) in [4.78, 5) is 5.31. The van der Waals surface area contributed by atoms with Crippen LogP contribution in [0.5, 0.6) is 0 Å². The Bertz CT molecular complexity index is 473. The predicted octanol–water partition coefficient (Wildman–Crippen LogP) is 3.16. The third-order valence-electron chi connectivity index (χ3n) is 5.27. The zero-order chi connectivity index (χ0) is 14.8. The molecule has 116 valence electrons. The quantitative estimate of drug-likeness (QED) is 0.927. The van der Waals surface area contributed by atoms with Gasteiger partial charge in [0.05, 0.1) is 0 Å². The number of piperazine rings is 1. The fraction of sp³-hybridized carbons (Fsp3) is 0.667. The smallest absolute Gasteiger partial charge is 0.0418 e. The van der Waals surface area contributed by atoms with Crippen molar-refractivity contribution < 1.29 is 0 Å². The molecule has 2 heterocycles. The van der Waals surface area contributed by atoms with Gasteiger partial charge in [0.2, 0.25) is 0 Å². The molecule has 0 amide bonds. The lowest BCUT2D eigenvalue weighted by Gasteiger charge is -2.49. The van der Waals surface area contributed by atoms with Crippen LogP contribution >= 0.6 is 0 Å². The van der Waals surface area contributed by atoms with E-state index in [9.17, 15) is 0 Å². The number of anilines is 1. The Hall–Kier alpha value is -1.06. The lowest BCUT2D eigenvalue weighted by atomic mass is 9.95. The third kappa shape index (κ3) is 2.95. The van der Waals surface area contributed by atoms with Crippen molar-refractivity contribution in [2.75, 3.05) is 24.5 Å². The van der Waals surface area contributed by atoms with Gasteiger partial charge in [0.15, 0.2) is 0 Å². The fourth-order valence-electron chi connectivity index (χ4n) is 3.97. The van der Waals surface area contributed by atoms with E-state index in [0.717, 1.165) is 19.0 Å². The highest BCUT2D eigenvalue weighted by Gasteiger charge is 2.33. The van der Waals surface area contributed by atoms with Gasteiger partial charge in [-0.15, -0.1) is 0 Å². The molecule has 0 saturated carbocycles. The number of hydrogen-bond acceptors (Lipinski definition) is 3. The summed E-state index contributed by atoms with van der Waals surface area (Å²) in [6.07, 6.45) is 5.11. The largest absolute Gasteiger partial charge is 0.366 e. The van der Waals surface area contributed by atoms with Gasteiger partial charge in [0, 0.05) is 36.9 Å². The minimum absolute atomic E-state index is 0.151. The number of piperidine rings is 1. The molecule has 3 heteroatoms. The normalized spacial score (nSPS) is 28.2.